The zero-order valence-electron chi connectivity index (χ0n) is 16.2. The van der Waals surface area contributed by atoms with Gasteiger partial charge in [-0.3, -0.25) is 25.4 Å². The maximum Gasteiger partial charge on any atom is 0.276 e. The minimum absolute atomic E-state index is 0.254. The Morgan fingerprint density at radius 2 is 1.79 bits per heavy atom. The summed E-state index contributed by atoms with van der Waals surface area (Å²) in [5.74, 6) is 0.230. The summed E-state index contributed by atoms with van der Waals surface area (Å²) in [4.78, 5) is 28.8. The van der Waals surface area contributed by atoms with E-state index in [4.69, 9.17) is 21.1 Å². The molecule has 2 amide bonds. The molecule has 0 saturated heterocycles. The fraction of sp³-hybridized carbons (Fsp3) is 0.190. The Kier molecular flexibility index (Phi) is 6.19. The largest absolute Gasteiger partial charge is 0.497 e. The van der Waals surface area contributed by atoms with E-state index in [-0.39, 0.29) is 6.61 Å². The van der Waals surface area contributed by atoms with Crippen LogP contribution in [0, 0.1) is 13.8 Å². The summed E-state index contributed by atoms with van der Waals surface area (Å²) in [7, 11) is 1.58. The van der Waals surface area contributed by atoms with E-state index < -0.39 is 11.8 Å². The molecule has 29 heavy (non-hydrogen) atoms. The summed E-state index contributed by atoms with van der Waals surface area (Å²) in [6, 6.07) is 12.2. The van der Waals surface area contributed by atoms with E-state index in [9.17, 15) is 9.59 Å². The van der Waals surface area contributed by atoms with E-state index in [1.165, 1.54) is 0 Å². The van der Waals surface area contributed by atoms with Crippen molar-refractivity contribution in [2.45, 2.75) is 13.8 Å². The number of aryl methyl sites for hydroxylation is 2. The van der Waals surface area contributed by atoms with Gasteiger partial charge in [0.2, 0.25) is 0 Å². The molecule has 0 atom stereocenters. The standard InChI is InChI=1S/C21H20ClN3O4/c1-12-8-16(6-7-18(12)22)29-11-20(26)24-25-21(27)17-9-14-4-5-15(28-3)10-19(14)23-13(17)2/h4-10H,11H2,1-3H3,(H,24,26)(H,25,27). The third-order valence-corrected chi connectivity index (χ3v) is 4.70. The first-order valence-corrected chi connectivity index (χ1v) is 9.18. The molecule has 0 aliphatic rings. The second-order valence-corrected chi connectivity index (χ2v) is 6.79. The number of rotatable bonds is 5. The first-order valence-electron chi connectivity index (χ1n) is 8.81. The molecule has 1 aromatic heterocycles. The molecular weight excluding hydrogens is 394 g/mol. The van der Waals surface area contributed by atoms with Gasteiger partial charge in [-0.25, -0.2) is 0 Å². The minimum atomic E-state index is -0.498. The molecule has 3 rings (SSSR count). The van der Waals surface area contributed by atoms with Gasteiger partial charge in [-0.15, -0.1) is 0 Å². The third-order valence-electron chi connectivity index (χ3n) is 4.27. The smallest absolute Gasteiger partial charge is 0.276 e. The molecule has 3 aromatic rings. The lowest BCUT2D eigenvalue weighted by molar-refractivity contribution is -0.123. The van der Waals surface area contributed by atoms with E-state index in [1.807, 2.05) is 13.0 Å². The number of hydrogen-bond donors (Lipinski definition) is 2. The number of nitrogens with one attached hydrogen (secondary N) is 2. The Labute approximate surface area is 173 Å². The number of hydrazine groups is 1. The number of halogens is 1. The molecule has 0 spiro atoms. The van der Waals surface area contributed by atoms with E-state index >= 15 is 0 Å². The highest BCUT2D eigenvalue weighted by molar-refractivity contribution is 6.31. The Morgan fingerprint density at radius 3 is 2.52 bits per heavy atom. The predicted octanol–water partition coefficient (Wildman–Crippen LogP) is 3.35. The molecule has 0 aliphatic heterocycles. The molecule has 0 saturated carbocycles. The SMILES string of the molecule is COc1ccc2cc(C(=O)NNC(=O)COc3ccc(Cl)c(C)c3)c(C)nc2c1. The van der Waals surface area contributed by atoms with Crippen molar-refractivity contribution in [3.05, 3.63) is 64.3 Å². The highest BCUT2D eigenvalue weighted by atomic mass is 35.5. The average Bonchev–Trinajstić information content (AvgIpc) is 2.71. The van der Waals surface area contributed by atoms with Gasteiger partial charge in [-0.1, -0.05) is 11.6 Å². The van der Waals surface area contributed by atoms with Crippen LogP contribution in [-0.2, 0) is 4.79 Å². The molecule has 0 radical (unpaired) electrons. The molecule has 2 N–H and O–H groups in total. The van der Waals surface area contributed by atoms with Gasteiger partial charge in [0, 0.05) is 16.5 Å². The number of nitrogens with zero attached hydrogens (tertiary/aromatic N) is 1. The van der Waals surface area contributed by atoms with Crippen LogP contribution in [0.2, 0.25) is 5.02 Å². The third kappa shape index (κ3) is 4.94. The van der Waals surface area contributed by atoms with Crippen molar-refractivity contribution < 1.29 is 19.1 Å². The summed E-state index contributed by atoms with van der Waals surface area (Å²) in [6.07, 6.45) is 0. The number of hydrogen-bond acceptors (Lipinski definition) is 5. The van der Waals surface area contributed by atoms with Crippen LogP contribution in [0.1, 0.15) is 21.6 Å². The summed E-state index contributed by atoms with van der Waals surface area (Å²) >= 11 is 5.96. The molecule has 2 aromatic carbocycles. The molecule has 7 nitrogen and oxygen atoms in total. The van der Waals surface area contributed by atoms with E-state index in [1.54, 1.807) is 50.4 Å². The number of pyridine rings is 1. The first-order chi connectivity index (χ1) is 13.9. The van der Waals surface area contributed by atoms with Crippen molar-refractivity contribution in [3.8, 4) is 11.5 Å². The van der Waals surface area contributed by atoms with Crippen molar-refractivity contribution in [2.24, 2.45) is 0 Å². The molecule has 0 bridgehead atoms. The van der Waals surface area contributed by atoms with Gasteiger partial charge in [0.15, 0.2) is 6.61 Å². The number of carbonyl (C=O) groups excluding carboxylic acids is 2. The van der Waals surface area contributed by atoms with Gasteiger partial charge in [0.1, 0.15) is 11.5 Å². The van der Waals surface area contributed by atoms with Crippen LogP contribution in [0.15, 0.2) is 42.5 Å². The zero-order valence-corrected chi connectivity index (χ0v) is 17.0. The number of amides is 2. The Morgan fingerprint density at radius 1 is 1.03 bits per heavy atom. The van der Waals surface area contributed by atoms with Crippen molar-refractivity contribution in [1.29, 1.82) is 0 Å². The summed E-state index contributed by atoms with van der Waals surface area (Å²) < 4.78 is 10.6. The molecule has 1 heterocycles. The highest BCUT2D eigenvalue weighted by Gasteiger charge is 2.13. The van der Waals surface area contributed by atoms with Gasteiger partial charge in [0.05, 0.1) is 23.9 Å². The van der Waals surface area contributed by atoms with Gasteiger partial charge < -0.3 is 9.47 Å². The van der Waals surface area contributed by atoms with Crippen LogP contribution in [0.4, 0.5) is 0 Å². The van der Waals surface area contributed by atoms with Crippen LogP contribution in [0.5, 0.6) is 11.5 Å². The second kappa shape index (κ2) is 8.79. The number of carbonyl (C=O) groups is 2. The van der Waals surface area contributed by atoms with Crippen LogP contribution >= 0.6 is 11.6 Å². The highest BCUT2D eigenvalue weighted by Crippen LogP contribution is 2.22. The first kappa shape index (κ1) is 20.4. The topological polar surface area (TPSA) is 89.6 Å². The minimum Gasteiger partial charge on any atom is -0.497 e. The number of benzene rings is 2. The maximum atomic E-state index is 12.4. The van der Waals surface area contributed by atoms with Crippen LogP contribution in [0.3, 0.4) is 0 Å². The Hall–Kier alpha value is -3.32. The predicted molar refractivity (Wildman–Crippen MR) is 110 cm³/mol. The second-order valence-electron chi connectivity index (χ2n) is 6.38. The van der Waals surface area contributed by atoms with Gasteiger partial charge in [-0.05, 0) is 55.8 Å². The molecule has 0 unspecified atom stereocenters. The number of fused-ring (bicyclic) bond motifs is 1. The van der Waals surface area contributed by atoms with Crippen LogP contribution < -0.4 is 20.3 Å². The van der Waals surface area contributed by atoms with Crippen LogP contribution in [0.25, 0.3) is 10.9 Å². The van der Waals surface area contributed by atoms with Crippen molar-refractivity contribution in [3.63, 3.8) is 0 Å². The molecule has 150 valence electrons. The maximum absolute atomic E-state index is 12.4. The molecular formula is C21H20ClN3O4. The zero-order chi connectivity index (χ0) is 21.0. The van der Waals surface area contributed by atoms with Gasteiger partial charge >= 0.3 is 0 Å². The Balaban J connectivity index is 1.60. The van der Waals surface area contributed by atoms with Gasteiger partial charge in [-0.2, -0.15) is 0 Å². The van der Waals surface area contributed by atoms with Crippen molar-refractivity contribution in [1.82, 2.24) is 15.8 Å². The fourth-order valence-electron chi connectivity index (χ4n) is 2.69. The summed E-state index contributed by atoms with van der Waals surface area (Å²) in [6.45, 7) is 3.31. The van der Waals surface area contributed by atoms with E-state index in [0.29, 0.717) is 33.3 Å². The van der Waals surface area contributed by atoms with Crippen molar-refractivity contribution in [2.75, 3.05) is 13.7 Å². The summed E-state index contributed by atoms with van der Waals surface area (Å²) in [5.41, 5.74) is 7.16. The number of aromatic nitrogens is 1. The molecule has 0 aliphatic carbocycles. The molecule has 0 fully saturated rings. The summed E-state index contributed by atoms with van der Waals surface area (Å²) in [5, 5.41) is 1.40. The van der Waals surface area contributed by atoms with Crippen molar-refractivity contribution >= 4 is 34.3 Å². The normalized spacial score (nSPS) is 10.5. The number of methoxy groups -OCH3 is 1. The number of ether oxygens (including phenoxy) is 2. The Bertz CT molecular complexity index is 1080. The molecule has 8 heteroatoms. The van der Waals surface area contributed by atoms with E-state index in [2.05, 4.69) is 15.8 Å². The lowest BCUT2D eigenvalue weighted by atomic mass is 10.1. The quantitative estimate of drug-likeness (QED) is 0.626. The average molecular weight is 414 g/mol. The fourth-order valence-corrected chi connectivity index (χ4v) is 2.80. The monoisotopic (exact) mass is 413 g/mol. The van der Waals surface area contributed by atoms with Gasteiger partial charge in [0.25, 0.3) is 11.8 Å². The van der Waals surface area contributed by atoms with E-state index in [0.717, 1.165) is 10.9 Å². The lowest BCUT2D eigenvalue weighted by Gasteiger charge is -2.11. The van der Waals surface area contributed by atoms with Crippen LogP contribution in [-0.4, -0.2) is 30.5 Å². The lowest BCUT2D eigenvalue weighted by Crippen LogP contribution is -2.44.